The van der Waals surface area contributed by atoms with Crippen molar-refractivity contribution in [1.29, 1.82) is 0 Å². The van der Waals surface area contributed by atoms with Gasteiger partial charge in [0.25, 0.3) is 5.88 Å². The van der Waals surface area contributed by atoms with Crippen LogP contribution in [0.25, 0.3) is 0 Å². The fourth-order valence-corrected chi connectivity index (χ4v) is 1.47. The summed E-state index contributed by atoms with van der Waals surface area (Å²) in [4.78, 5) is 7.80. The molecule has 0 saturated carbocycles. The van der Waals surface area contributed by atoms with Crippen LogP contribution in [0.1, 0.15) is 26.7 Å². The van der Waals surface area contributed by atoms with E-state index >= 15 is 0 Å². The first-order valence-electron chi connectivity index (χ1n) is 5.32. The first-order chi connectivity index (χ1) is 7.65. The Hall–Kier alpha value is -1.03. The van der Waals surface area contributed by atoms with Crippen molar-refractivity contribution in [2.45, 2.75) is 26.7 Å². The second kappa shape index (κ2) is 6.53. The Morgan fingerprint density at radius 1 is 1.38 bits per heavy atom. The minimum atomic E-state index is 0.274. The van der Waals surface area contributed by atoms with Gasteiger partial charge < -0.3 is 9.47 Å². The summed E-state index contributed by atoms with van der Waals surface area (Å²) in [7, 11) is 1.52. The second-order valence-electron chi connectivity index (χ2n) is 3.89. The van der Waals surface area contributed by atoms with Crippen LogP contribution in [0.3, 0.4) is 0 Å². The lowest BCUT2D eigenvalue weighted by Crippen LogP contribution is -2.03. The zero-order chi connectivity index (χ0) is 12.0. The fraction of sp³-hybridized carbons (Fsp3) is 0.636. The summed E-state index contributed by atoms with van der Waals surface area (Å²) in [6, 6.07) is 0. The van der Waals surface area contributed by atoms with Crippen molar-refractivity contribution >= 4 is 11.6 Å². The maximum atomic E-state index is 5.84. The predicted molar refractivity (Wildman–Crippen MR) is 63.2 cm³/mol. The molecule has 0 saturated heterocycles. The van der Waals surface area contributed by atoms with Gasteiger partial charge in [0.15, 0.2) is 5.15 Å². The van der Waals surface area contributed by atoms with Gasteiger partial charge in [-0.05, 0) is 18.8 Å². The summed E-state index contributed by atoms with van der Waals surface area (Å²) >= 11 is 5.84. The van der Waals surface area contributed by atoms with Gasteiger partial charge in [0, 0.05) is 0 Å². The second-order valence-corrected chi connectivity index (χ2v) is 4.25. The Bertz CT molecular complexity index is 332. The quantitative estimate of drug-likeness (QED) is 0.570. The van der Waals surface area contributed by atoms with E-state index in [1.807, 2.05) is 0 Å². The molecule has 0 bridgehead atoms. The molecule has 0 aliphatic rings. The molecule has 0 aliphatic heterocycles. The molecule has 0 spiro atoms. The number of hydrogen-bond donors (Lipinski definition) is 0. The number of nitrogens with zero attached hydrogens (tertiary/aromatic N) is 2. The molecular formula is C11H17ClN2O2. The smallest absolute Gasteiger partial charge is 0.261 e. The summed E-state index contributed by atoms with van der Waals surface area (Å²) in [5.41, 5.74) is 0. The van der Waals surface area contributed by atoms with Gasteiger partial charge in [-0.25, -0.2) is 4.98 Å². The van der Waals surface area contributed by atoms with E-state index in [-0.39, 0.29) is 5.15 Å². The largest absolute Gasteiger partial charge is 0.489 e. The first kappa shape index (κ1) is 13.0. The standard InChI is InChI=1S/C11H17ClN2O2/c1-8(2)5-4-6-16-11-9(15-3)10(12)13-7-14-11/h7-8H,4-6H2,1-3H3. The van der Waals surface area contributed by atoms with E-state index in [9.17, 15) is 0 Å². The Morgan fingerprint density at radius 2 is 2.12 bits per heavy atom. The molecule has 90 valence electrons. The van der Waals surface area contributed by atoms with Gasteiger partial charge in [0.05, 0.1) is 13.7 Å². The Labute approximate surface area is 101 Å². The average molecular weight is 245 g/mol. The van der Waals surface area contributed by atoms with Gasteiger partial charge in [-0.1, -0.05) is 25.4 Å². The lowest BCUT2D eigenvalue weighted by molar-refractivity contribution is 0.268. The summed E-state index contributed by atoms with van der Waals surface area (Å²) in [6.07, 6.45) is 3.48. The molecule has 0 aliphatic carbocycles. The van der Waals surface area contributed by atoms with E-state index < -0.39 is 0 Å². The number of aromatic nitrogens is 2. The minimum absolute atomic E-state index is 0.274. The normalized spacial score (nSPS) is 10.6. The Kier molecular flexibility index (Phi) is 5.32. The van der Waals surface area contributed by atoms with Crippen molar-refractivity contribution in [2.24, 2.45) is 5.92 Å². The third kappa shape index (κ3) is 3.85. The van der Waals surface area contributed by atoms with Gasteiger partial charge in [0.2, 0.25) is 5.75 Å². The molecule has 0 amide bonds. The van der Waals surface area contributed by atoms with Crippen LogP contribution in [-0.4, -0.2) is 23.7 Å². The SMILES string of the molecule is COc1c(Cl)ncnc1OCCCC(C)C. The highest BCUT2D eigenvalue weighted by atomic mass is 35.5. The van der Waals surface area contributed by atoms with Gasteiger partial charge in [-0.2, -0.15) is 4.98 Å². The van der Waals surface area contributed by atoms with Crippen LogP contribution in [0.4, 0.5) is 0 Å². The molecule has 0 radical (unpaired) electrons. The molecule has 1 aromatic heterocycles. The molecule has 4 nitrogen and oxygen atoms in total. The molecule has 0 unspecified atom stereocenters. The molecule has 0 fully saturated rings. The maximum Gasteiger partial charge on any atom is 0.261 e. The lowest BCUT2D eigenvalue weighted by atomic mass is 10.1. The van der Waals surface area contributed by atoms with Gasteiger partial charge in [0.1, 0.15) is 6.33 Å². The summed E-state index contributed by atoms with van der Waals surface area (Å²) in [5, 5.41) is 0.274. The van der Waals surface area contributed by atoms with Crippen LogP contribution in [0.15, 0.2) is 6.33 Å². The lowest BCUT2D eigenvalue weighted by Gasteiger charge is -2.10. The molecule has 1 heterocycles. The van der Waals surface area contributed by atoms with Crippen molar-refractivity contribution in [3.8, 4) is 11.6 Å². The topological polar surface area (TPSA) is 44.2 Å². The minimum Gasteiger partial charge on any atom is -0.489 e. The molecule has 0 atom stereocenters. The highest BCUT2D eigenvalue weighted by Gasteiger charge is 2.11. The molecule has 1 rings (SSSR count). The fourth-order valence-electron chi connectivity index (χ4n) is 1.27. The van der Waals surface area contributed by atoms with Crippen molar-refractivity contribution in [2.75, 3.05) is 13.7 Å². The Balaban J connectivity index is 2.50. The molecule has 0 aromatic carbocycles. The molecule has 16 heavy (non-hydrogen) atoms. The highest BCUT2D eigenvalue weighted by Crippen LogP contribution is 2.30. The number of methoxy groups -OCH3 is 1. The molecule has 1 aromatic rings. The number of hydrogen-bond acceptors (Lipinski definition) is 4. The van der Waals surface area contributed by atoms with E-state index in [4.69, 9.17) is 21.1 Å². The monoisotopic (exact) mass is 244 g/mol. The van der Waals surface area contributed by atoms with Crippen LogP contribution in [0.5, 0.6) is 11.6 Å². The Morgan fingerprint density at radius 3 is 2.75 bits per heavy atom. The van der Waals surface area contributed by atoms with Crippen LogP contribution in [-0.2, 0) is 0 Å². The van der Waals surface area contributed by atoms with Crippen molar-refractivity contribution < 1.29 is 9.47 Å². The summed E-state index contributed by atoms with van der Waals surface area (Å²) in [6.45, 7) is 4.98. The molecule has 5 heteroatoms. The van der Waals surface area contributed by atoms with Crippen molar-refractivity contribution in [3.63, 3.8) is 0 Å². The number of ether oxygens (including phenoxy) is 2. The van der Waals surface area contributed by atoms with Gasteiger partial charge >= 0.3 is 0 Å². The number of halogens is 1. The van der Waals surface area contributed by atoms with Crippen molar-refractivity contribution in [1.82, 2.24) is 9.97 Å². The summed E-state index contributed by atoms with van der Waals surface area (Å²) < 4.78 is 10.6. The molecular weight excluding hydrogens is 228 g/mol. The van der Waals surface area contributed by atoms with Gasteiger partial charge in [-0.3, -0.25) is 0 Å². The number of rotatable bonds is 6. The van der Waals surface area contributed by atoms with Crippen LogP contribution >= 0.6 is 11.6 Å². The maximum absolute atomic E-state index is 5.84. The van der Waals surface area contributed by atoms with E-state index in [1.165, 1.54) is 13.4 Å². The third-order valence-electron chi connectivity index (χ3n) is 2.10. The summed E-state index contributed by atoms with van der Waals surface area (Å²) in [5.74, 6) is 1.49. The first-order valence-corrected chi connectivity index (χ1v) is 5.70. The van der Waals surface area contributed by atoms with Crippen LogP contribution < -0.4 is 9.47 Å². The highest BCUT2D eigenvalue weighted by molar-refractivity contribution is 6.31. The average Bonchev–Trinajstić information content (AvgIpc) is 2.24. The zero-order valence-corrected chi connectivity index (χ0v) is 10.6. The van der Waals surface area contributed by atoms with E-state index in [0.29, 0.717) is 24.2 Å². The van der Waals surface area contributed by atoms with E-state index in [0.717, 1.165) is 12.8 Å². The van der Waals surface area contributed by atoms with E-state index in [2.05, 4.69) is 23.8 Å². The zero-order valence-electron chi connectivity index (χ0n) is 9.86. The van der Waals surface area contributed by atoms with Crippen LogP contribution in [0, 0.1) is 5.92 Å². The van der Waals surface area contributed by atoms with Gasteiger partial charge in [-0.15, -0.1) is 0 Å². The third-order valence-corrected chi connectivity index (χ3v) is 2.37. The van der Waals surface area contributed by atoms with Crippen LogP contribution in [0.2, 0.25) is 5.15 Å². The van der Waals surface area contributed by atoms with Crippen molar-refractivity contribution in [3.05, 3.63) is 11.5 Å². The molecule has 0 N–H and O–H groups in total. The van der Waals surface area contributed by atoms with E-state index in [1.54, 1.807) is 0 Å². The predicted octanol–water partition coefficient (Wildman–Crippen LogP) is 2.95.